The highest BCUT2D eigenvalue weighted by molar-refractivity contribution is 9.10. The van der Waals surface area contributed by atoms with Crippen molar-refractivity contribution in [3.05, 3.63) is 33.8 Å². The minimum atomic E-state index is -1.33. The summed E-state index contributed by atoms with van der Waals surface area (Å²) >= 11 is 3.15. The summed E-state index contributed by atoms with van der Waals surface area (Å²) in [7, 11) is 0. The van der Waals surface area contributed by atoms with Crippen molar-refractivity contribution in [1.82, 2.24) is 5.32 Å². The Bertz CT molecular complexity index is 506. The van der Waals surface area contributed by atoms with E-state index in [9.17, 15) is 19.8 Å². The summed E-state index contributed by atoms with van der Waals surface area (Å²) in [6, 6.07) is 4.40. The molecule has 2 unspecified atom stereocenters. The normalized spacial score (nSPS) is 13.6. The van der Waals surface area contributed by atoms with Crippen molar-refractivity contribution in [2.45, 2.75) is 25.6 Å². The van der Waals surface area contributed by atoms with Crippen LogP contribution in [0.15, 0.2) is 22.7 Å². The summed E-state index contributed by atoms with van der Waals surface area (Å²) in [5, 5.41) is 31.5. The second-order valence-electron chi connectivity index (χ2n) is 4.32. The van der Waals surface area contributed by atoms with E-state index in [1.807, 2.05) is 0 Å². The number of hydrogen-bond donors (Lipinski definition) is 4. The van der Waals surface area contributed by atoms with Crippen LogP contribution in [0.25, 0.3) is 0 Å². The van der Waals surface area contributed by atoms with E-state index in [1.54, 1.807) is 6.07 Å². The minimum Gasteiger partial charge on any atom is -0.478 e. The zero-order valence-corrected chi connectivity index (χ0v) is 12.4. The molecule has 7 heteroatoms. The molecule has 0 spiro atoms. The quantitative estimate of drug-likeness (QED) is 0.616. The van der Waals surface area contributed by atoms with E-state index in [-0.39, 0.29) is 30.0 Å². The number of carboxylic acids is 1. The Morgan fingerprint density at radius 3 is 2.55 bits per heavy atom. The number of aromatic carboxylic acids is 1. The fraction of sp³-hybridized carbons (Fsp3) is 0.385. The molecule has 0 aliphatic rings. The Morgan fingerprint density at radius 2 is 2.00 bits per heavy atom. The van der Waals surface area contributed by atoms with E-state index in [2.05, 4.69) is 21.2 Å². The highest BCUT2D eigenvalue weighted by atomic mass is 79.9. The third kappa shape index (κ3) is 4.59. The van der Waals surface area contributed by atoms with Gasteiger partial charge in [-0.05, 0) is 24.1 Å². The number of halogens is 1. The Kier molecular flexibility index (Phi) is 6.12. The first-order valence-electron chi connectivity index (χ1n) is 5.96. The zero-order valence-electron chi connectivity index (χ0n) is 10.8. The van der Waals surface area contributed by atoms with Crippen molar-refractivity contribution in [1.29, 1.82) is 0 Å². The lowest BCUT2D eigenvalue weighted by molar-refractivity contribution is -0.119. The van der Waals surface area contributed by atoms with Gasteiger partial charge in [0.25, 0.3) is 0 Å². The SMILES string of the molecule is CC(=O)NCCC(O)C(O)c1ccc(Br)cc1C(=O)O. The first kappa shape index (κ1) is 16.6. The number of hydrogen-bond acceptors (Lipinski definition) is 4. The maximum Gasteiger partial charge on any atom is 0.336 e. The van der Waals surface area contributed by atoms with Gasteiger partial charge in [0, 0.05) is 17.9 Å². The molecule has 0 fully saturated rings. The number of carbonyl (C=O) groups excluding carboxylic acids is 1. The van der Waals surface area contributed by atoms with Crippen LogP contribution in [0.1, 0.15) is 35.4 Å². The van der Waals surface area contributed by atoms with Crippen molar-refractivity contribution >= 4 is 27.8 Å². The number of aliphatic hydroxyl groups is 2. The lowest BCUT2D eigenvalue weighted by atomic mass is 9.97. The second kappa shape index (κ2) is 7.37. The number of aliphatic hydroxyl groups excluding tert-OH is 2. The third-order valence-corrected chi connectivity index (χ3v) is 3.24. The Morgan fingerprint density at radius 1 is 1.35 bits per heavy atom. The van der Waals surface area contributed by atoms with Gasteiger partial charge in [-0.3, -0.25) is 4.79 Å². The largest absolute Gasteiger partial charge is 0.478 e. The molecule has 1 rings (SSSR count). The summed E-state index contributed by atoms with van der Waals surface area (Å²) in [5.74, 6) is -1.42. The molecule has 0 aliphatic heterocycles. The molecule has 6 nitrogen and oxygen atoms in total. The molecule has 0 aliphatic carbocycles. The monoisotopic (exact) mass is 345 g/mol. The van der Waals surface area contributed by atoms with Gasteiger partial charge in [0.05, 0.1) is 11.7 Å². The van der Waals surface area contributed by atoms with Crippen molar-refractivity contribution < 1.29 is 24.9 Å². The molecule has 0 saturated heterocycles. The van der Waals surface area contributed by atoms with Crippen molar-refractivity contribution in [2.24, 2.45) is 0 Å². The fourth-order valence-corrected chi connectivity index (χ4v) is 2.09. The van der Waals surface area contributed by atoms with Gasteiger partial charge in [0.15, 0.2) is 0 Å². The standard InChI is InChI=1S/C13H16BrNO5/c1-7(16)15-5-4-11(17)12(18)9-3-2-8(14)6-10(9)13(19)20/h2-3,6,11-12,17-18H,4-5H2,1H3,(H,15,16)(H,19,20). The Balaban J connectivity index is 2.83. The van der Waals surface area contributed by atoms with Crippen LogP contribution in [0.5, 0.6) is 0 Å². The predicted octanol–water partition coefficient (Wildman–Crippen LogP) is 1.07. The molecule has 2 atom stereocenters. The van der Waals surface area contributed by atoms with Gasteiger partial charge >= 0.3 is 5.97 Å². The van der Waals surface area contributed by atoms with E-state index in [0.717, 1.165) is 0 Å². The number of carbonyl (C=O) groups is 2. The summed E-state index contributed by atoms with van der Waals surface area (Å²) in [5.41, 5.74) is 0.0569. The molecule has 1 amide bonds. The highest BCUT2D eigenvalue weighted by Crippen LogP contribution is 2.25. The van der Waals surface area contributed by atoms with E-state index in [4.69, 9.17) is 5.11 Å². The number of amides is 1. The second-order valence-corrected chi connectivity index (χ2v) is 5.24. The summed E-state index contributed by atoms with van der Waals surface area (Å²) in [6.45, 7) is 1.55. The number of rotatable bonds is 6. The molecule has 110 valence electrons. The number of nitrogens with one attached hydrogen (secondary N) is 1. The van der Waals surface area contributed by atoms with Crippen LogP contribution < -0.4 is 5.32 Å². The van der Waals surface area contributed by atoms with Gasteiger partial charge in [0.1, 0.15) is 6.10 Å². The molecule has 0 aromatic heterocycles. The van der Waals surface area contributed by atoms with Gasteiger partial charge in [-0.25, -0.2) is 4.79 Å². The van der Waals surface area contributed by atoms with Gasteiger partial charge in [-0.15, -0.1) is 0 Å². The average Bonchev–Trinajstić information content (AvgIpc) is 2.37. The smallest absolute Gasteiger partial charge is 0.336 e. The van der Waals surface area contributed by atoms with Gasteiger partial charge in [-0.2, -0.15) is 0 Å². The maximum absolute atomic E-state index is 11.1. The third-order valence-electron chi connectivity index (χ3n) is 2.74. The lowest BCUT2D eigenvalue weighted by Gasteiger charge is -2.20. The Labute approximate surface area is 124 Å². The molecular formula is C13H16BrNO5. The topological polar surface area (TPSA) is 107 Å². The minimum absolute atomic E-state index is 0.0783. The van der Waals surface area contributed by atoms with Crippen LogP contribution in [0.4, 0.5) is 0 Å². The van der Waals surface area contributed by atoms with Crippen molar-refractivity contribution in [3.63, 3.8) is 0 Å². The first-order chi connectivity index (χ1) is 9.32. The molecule has 20 heavy (non-hydrogen) atoms. The molecule has 4 N–H and O–H groups in total. The van der Waals surface area contributed by atoms with Gasteiger partial charge < -0.3 is 20.6 Å². The molecule has 0 radical (unpaired) electrons. The summed E-state index contributed by atoms with van der Waals surface area (Å²) in [4.78, 5) is 21.8. The maximum atomic E-state index is 11.1. The van der Waals surface area contributed by atoms with E-state index in [0.29, 0.717) is 4.47 Å². The van der Waals surface area contributed by atoms with Crippen LogP contribution in [-0.4, -0.2) is 39.8 Å². The van der Waals surface area contributed by atoms with Crippen LogP contribution in [0, 0.1) is 0 Å². The zero-order chi connectivity index (χ0) is 15.3. The Hall–Kier alpha value is -1.44. The van der Waals surface area contributed by atoms with E-state index >= 15 is 0 Å². The van der Waals surface area contributed by atoms with Crippen LogP contribution in [0.3, 0.4) is 0 Å². The van der Waals surface area contributed by atoms with Crippen molar-refractivity contribution in [3.8, 4) is 0 Å². The van der Waals surface area contributed by atoms with Gasteiger partial charge in [0.2, 0.25) is 5.91 Å². The van der Waals surface area contributed by atoms with E-state index in [1.165, 1.54) is 19.1 Å². The number of carboxylic acid groups (broad SMARTS) is 1. The molecule has 1 aromatic rings. The van der Waals surface area contributed by atoms with Crippen LogP contribution in [-0.2, 0) is 4.79 Å². The average molecular weight is 346 g/mol. The summed E-state index contributed by atoms with van der Waals surface area (Å²) < 4.78 is 0.568. The van der Waals surface area contributed by atoms with Gasteiger partial charge in [-0.1, -0.05) is 22.0 Å². The van der Waals surface area contributed by atoms with E-state index < -0.39 is 18.2 Å². The molecule has 1 aromatic carbocycles. The first-order valence-corrected chi connectivity index (χ1v) is 6.75. The fourth-order valence-electron chi connectivity index (χ4n) is 1.73. The molecule has 0 heterocycles. The summed E-state index contributed by atoms with van der Waals surface area (Å²) in [6.07, 6.45) is -2.38. The molecule has 0 bridgehead atoms. The van der Waals surface area contributed by atoms with Crippen molar-refractivity contribution in [2.75, 3.05) is 6.54 Å². The van der Waals surface area contributed by atoms with Crippen LogP contribution >= 0.6 is 15.9 Å². The van der Waals surface area contributed by atoms with Crippen LogP contribution in [0.2, 0.25) is 0 Å². The molecular weight excluding hydrogens is 330 g/mol. The number of benzene rings is 1. The highest BCUT2D eigenvalue weighted by Gasteiger charge is 2.23. The lowest BCUT2D eigenvalue weighted by Crippen LogP contribution is -2.28. The predicted molar refractivity (Wildman–Crippen MR) is 75.4 cm³/mol. The molecule has 0 saturated carbocycles.